The molecule has 1 aliphatic rings. The van der Waals surface area contributed by atoms with Crippen LogP contribution in [-0.4, -0.2) is 86.4 Å². The third-order valence-corrected chi connectivity index (χ3v) is 4.39. The summed E-state index contributed by atoms with van der Waals surface area (Å²) in [6, 6.07) is 2.78. The maximum Gasteiger partial charge on any atom is 0.254 e. The number of carbonyl (C=O) groups is 2. The van der Waals surface area contributed by atoms with E-state index in [9.17, 15) is 18.4 Å². The zero-order valence-electron chi connectivity index (χ0n) is 15.3. The minimum atomic E-state index is -0.914. The number of likely N-dealkylation sites (N-methyl/N-ethyl adjacent to an activating group) is 1. The van der Waals surface area contributed by atoms with Gasteiger partial charge in [-0.05, 0) is 26.2 Å². The second-order valence-electron chi connectivity index (χ2n) is 6.66. The molecule has 2 rings (SSSR count). The molecule has 0 unspecified atom stereocenters. The van der Waals surface area contributed by atoms with Crippen molar-refractivity contribution in [3.05, 3.63) is 35.4 Å². The van der Waals surface area contributed by atoms with Crippen molar-refractivity contribution in [2.75, 3.05) is 59.9 Å². The van der Waals surface area contributed by atoms with E-state index in [2.05, 4.69) is 15.1 Å². The van der Waals surface area contributed by atoms with Crippen LogP contribution in [0.4, 0.5) is 8.78 Å². The second kappa shape index (κ2) is 9.59. The van der Waals surface area contributed by atoms with Gasteiger partial charge in [0.25, 0.3) is 5.91 Å². The summed E-state index contributed by atoms with van der Waals surface area (Å²) in [6.07, 6.45) is 0.159. The fourth-order valence-corrected chi connectivity index (χ4v) is 2.77. The average Bonchev–Trinajstić information content (AvgIpc) is 2.60. The molecule has 6 nitrogen and oxygen atoms in total. The molecule has 1 aromatic rings. The second-order valence-corrected chi connectivity index (χ2v) is 6.66. The molecular formula is C18H26F2N4O2. The molecule has 0 aliphatic carbocycles. The first-order valence-corrected chi connectivity index (χ1v) is 8.75. The number of nitrogens with zero attached hydrogens (tertiary/aromatic N) is 3. The third kappa shape index (κ3) is 6.03. The van der Waals surface area contributed by atoms with Crippen LogP contribution in [0.2, 0.25) is 0 Å². The van der Waals surface area contributed by atoms with Crippen molar-refractivity contribution in [3.8, 4) is 0 Å². The predicted molar refractivity (Wildman–Crippen MR) is 94.9 cm³/mol. The Kier molecular flexibility index (Phi) is 7.47. The van der Waals surface area contributed by atoms with Gasteiger partial charge in [-0.1, -0.05) is 0 Å². The largest absolute Gasteiger partial charge is 0.351 e. The smallest absolute Gasteiger partial charge is 0.254 e. The van der Waals surface area contributed by atoms with Crippen LogP contribution in [0.5, 0.6) is 0 Å². The number of piperazine rings is 1. The Morgan fingerprint density at radius 2 is 1.85 bits per heavy atom. The summed E-state index contributed by atoms with van der Waals surface area (Å²) in [5.74, 6) is -2.33. The van der Waals surface area contributed by atoms with E-state index in [0.29, 0.717) is 19.2 Å². The monoisotopic (exact) mass is 368 g/mol. The topological polar surface area (TPSA) is 55.9 Å². The maximum absolute atomic E-state index is 13.5. The Labute approximate surface area is 152 Å². The highest BCUT2D eigenvalue weighted by atomic mass is 19.1. The van der Waals surface area contributed by atoms with Gasteiger partial charge in [0.2, 0.25) is 5.91 Å². The normalized spacial score (nSPS) is 15.3. The summed E-state index contributed by atoms with van der Waals surface area (Å²) >= 11 is 0. The number of hydrogen-bond donors (Lipinski definition) is 1. The Bertz CT molecular complexity index is 632. The number of hydrogen-bond acceptors (Lipinski definition) is 4. The molecular weight excluding hydrogens is 342 g/mol. The summed E-state index contributed by atoms with van der Waals surface area (Å²) < 4.78 is 26.4. The van der Waals surface area contributed by atoms with E-state index in [-0.39, 0.29) is 24.4 Å². The predicted octanol–water partition coefficient (Wildman–Crippen LogP) is 0.791. The highest BCUT2D eigenvalue weighted by Gasteiger charge is 2.21. The van der Waals surface area contributed by atoms with Crippen molar-refractivity contribution in [3.63, 3.8) is 0 Å². The van der Waals surface area contributed by atoms with Crippen LogP contribution >= 0.6 is 0 Å². The quantitative estimate of drug-likeness (QED) is 0.773. The molecule has 2 amide bonds. The van der Waals surface area contributed by atoms with E-state index in [1.54, 1.807) is 4.90 Å². The van der Waals surface area contributed by atoms with Gasteiger partial charge < -0.3 is 15.1 Å². The lowest BCUT2D eigenvalue weighted by molar-refractivity contribution is -0.132. The molecule has 1 N–H and O–H groups in total. The number of rotatable bonds is 7. The minimum absolute atomic E-state index is 0.0304. The molecule has 1 aliphatic heterocycles. The fourth-order valence-electron chi connectivity index (χ4n) is 2.77. The maximum atomic E-state index is 13.5. The first-order chi connectivity index (χ1) is 12.4. The van der Waals surface area contributed by atoms with E-state index in [1.807, 2.05) is 14.1 Å². The Morgan fingerprint density at radius 1 is 1.15 bits per heavy atom. The fraction of sp³-hybridized carbons (Fsp3) is 0.556. The minimum Gasteiger partial charge on any atom is -0.351 e. The van der Waals surface area contributed by atoms with Gasteiger partial charge in [0.15, 0.2) is 0 Å². The molecule has 0 saturated carbocycles. The van der Waals surface area contributed by atoms with Crippen molar-refractivity contribution in [1.82, 2.24) is 20.0 Å². The molecule has 0 aromatic heterocycles. The van der Waals surface area contributed by atoms with Crippen LogP contribution in [-0.2, 0) is 4.79 Å². The lowest BCUT2D eigenvalue weighted by Gasteiger charge is -2.35. The third-order valence-electron chi connectivity index (χ3n) is 4.39. The molecule has 0 spiro atoms. The Morgan fingerprint density at radius 3 is 2.46 bits per heavy atom. The highest BCUT2D eigenvalue weighted by Crippen LogP contribution is 2.09. The Hall–Kier alpha value is -2.06. The SMILES string of the molecule is CN(C)CCN1CCN(C(=O)CCNC(=O)c2ccc(F)cc2F)CC1. The van der Waals surface area contributed by atoms with Crippen molar-refractivity contribution < 1.29 is 18.4 Å². The van der Waals surface area contributed by atoms with Crippen LogP contribution < -0.4 is 5.32 Å². The van der Waals surface area contributed by atoms with E-state index >= 15 is 0 Å². The number of carbonyl (C=O) groups excluding carboxylic acids is 2. The summed E-state index contributed by atoms with van der Waals surface area (Å²) in [5.41, 5.74) is -0.228. The van der Waals surface area contributed by atoms with E-state index < -0.39 is 17.5 Å². The zero-order chi connectivity index (χ0) is 19.1. The first kappa shape index (κ1) is 20.3. The lowest BCUT2D eigenvalue weighted by atomic mass is 10.2. The summed E-state index contributed by atoms with van der Waals surface area (Å²) in [4.78, 5) is 30.4. The average molecular weight is 368 g/mol. The number of nitrogens with one attached hydrogen (secondary N) is 1. The van der Waals surface area contributed by atoms with Crippen LogP contribution in [0.15, 0.2) is 18.2 Å². The van der Waals surface area contributed by atoms with Gasteiger partial charge in [-0.2, -0.15) is 0 Å². The number of amides is 2. The van der Waals surface area contributed by atoms with Crippen molar-refractivity contribution in [1.29, 1.82) is 0 Å². The molecule has 0 radical (unpaired) electrons. The molecule has 26 heavy (non-hydrogen) atoms. The van der Waals surface area contributed by atoms with Gasteiger partial charge in [0.05, 0.1) is 5.56 Å². The highest BCUT2D eigenvalue weighted by molar-refractivity contribution is 5.94. The van der Waals surface area contributed by atoms with E-state index in [0.717, 1.165) is 38.3 Å². The van der Waals surface area contributed by atoms with Gasteiger partial charge in [0.1, 0.15) is 11.6 Å². The summed E-state index contributed by atoms with van der Waals surface area (Å²) in [6.45, 7) is 5.11. The van der Waals surface area contributed by atoms with Crippen LogP contribution in [0.3, 0.4) is 0 Å². The summed E-state index contributed by atoms with van der Waals surface area (Å²) in [7, 11) is 4.07. The molecule has 1 saturated heterocycles. The standard InChI is InChI=1S/C18H26F2N4O2/c1-22(2)7-8-23-9-11-24(12-10-23)17(25)5-6-21-18(26)15-4-3-14(19)13-16(15)20/h3-4,13H,5-12H2,1-2H3,(H,21,26). The molecule has 144 valence electrons. The van der Waals surface area contributed by atoms with Crippen LogP contribution in [0.25, 0.3) is 0 Å². The van der Waals surface area contributed by atoms with Crippen molar-refractivity contribution in [2.45, 2.75) is 6.42 Å². The van der Waals surface area contributed by atoms with Crippen LogP contribution in [0.1, 0.15) is 16.8 Å². The molecule has 1 aromatic carbocycles. The van der Waals surface area contributed by atoms with Gasteiger partial charge in [0, 0.05) is 58.3 Å². The van der Waals surface area contributed by atoms with Gasteiger partial charge in [-0.3, -0.25) is 14.5 Å². The Balaban J connectivity index is 1.70. The molecule has 0 atom stereocenters. The van der Waals surface area contributed by atoms with E-state index in [4.69, 9.17) is 0 Å². The first-order valence-electron chi connectivity index (χ1n) is 8.75. The van der Waals surface area contributed by atoms with Gasteiger partial charge >= 0.3 is 0 Å². The molecule has 8 heteroatoms. The number of benzene rings is 1. The molecule has 1 heterocycles. The summed E-state index contributed by atoms with van der Waals surface area (Å²) in [5, 5.41) is 2.51. The lowest BCUT2D eigenvalue weighted by Crippen LogP contribution is -2.50. The van der Waals surface area contributed by atoms with E-state index in [1.165, 1.54) is 0 Å². The molecule has 0 bridgehead atoms. The van der Waals surface area contributed by atoms with Gasteiger partial charge in [-0.25, -0.2) is 8.78 Å². The van der Waals surface area contributed by atoms with Crippen molar-refractivity contribution >= 4 is 11.8 Å². The van der Waals surface area contributed by atoms with Crippen LogP contribution in [0, 0.1) is 11.6 Å². The number of halogens is 2. The van der Waals surface area contributed by atoms with Gasteiger partial charge in [-0.15, -0.1) is 0 Å². The molecule has 1 fully saturated rings. The zero-order valence-corrected chi connectivity index (χ0v) is 15.3. The van der Waals surface area contributed by atoms with Crippen molar-refractivity contribution in [2.24, 2.45) is 0 Å².